The second kappa shape index (κ2) is 8.51. The van der Waals surface area contributed by atoms with Crippen LogP contribution in [0, 0.1) is 5.82 Å². The van der Waals surface area contributed by atoms with Crippen molar-refractivity contribution in [2.24, 2.45) is 0 Å². The maximum atomic E-state index is 13.4. The predicted molar refractivity (Wildman–Crippen MR) is 119 cm³/mol. The minimum absolute atomic E-state index is 0.0721. The molecule has 0 radical (unpaired) electrons. The van der Waals surface area contributed by atoms with Gasteiger partial charge in [-0.15, -0.1) is 0 Å². The van der Waals surface area contributed by atoms with Crippen molar-refractivity contribution in [1.82, 2.24) is 19.9 Å². The van der Waals surface area contributed by atoms with Crippen LogP contribution in [0.1, 0.15) is 24.0 Å². The predicted octanol–water partition coefficient (Wildman–Crippen LogP) is 3.92. The summed E-state index contributed by atoms with van der Waals surface area (Å²) < 4.78 is 20.9. The molecular weight excluding hydrogens is 407 g/mol. The number of carbonyl (C=O) groups is 1. The molecular formula is C25H23FN4O2. The summed E-state index contributed by atoms with van der Waals surface area (Å²) in [7, 11) is 0. The number of fused-ring (bicyclic) bond motifs is 1. The van der Waals surface area contributed by atoms with Gasteiger partial charge < -0.3 is 10.1 Å². The molecule has 1 N–H and O–H groups in total. The number of carbonyl (C=O) groups excluding carboxylic acids is 1. The van der Waals surface area contributed by atoms with Crippen molar-refractivity contribution in [2.45, 2.75) is 24.8 Å². The first kappa shape index (κ1) is 20.3. The molecule has 4 aromatic rings. The molecule has 0 atom stereocenters. The van der Waals surface area contributed by atoms with E-state index in [0.717, 1.165) is 28.0 Å². The van der Waals surface area contributed by atoms with Gasteiger partial charge in [0.2, 0.25) is 5.91 Å². The van der Waals surface area contributed by atoms with E-state index >= 15 is 0 Å². The lowest BCUT2D eigenvalue weighted by Gasteiger charge is -2.36. The standard InChI is InChI=1S/C25H23FN4O2/c26-20-8-6-19(7-9-20)25(11-13-32-14-12-25)24(31)28-16-18-5-10-23(27-15-18)30-17-29-21-3-1-2-4-22(21)30/h1-10,15,17H,11-14,16H2,(H,28,31). The molecule has 7 heteroatoms. The summed E-state index contributed by atoms with van der Waals surface area (Å²) in [6.45, 7) is 1.36. The highest BCUT2D eigenvalue weighted by molar-refractivity contribution is 5.88. The fourth-order valence-electron chi connectivity index (χ4n) is 4.29. The normalized spacial score (nSPS) is 15.5. The van der Waals surface area contributed by atoms with Crippen LogP contribution in [-0.4, -0.2) is 33.7 Å². The number of ether oxygens (including phenoxy) is 1. The van der Waals surface area contributed by atoms with Crippen molar-refractivity contribution in [3.63, 3.8) is 0 Å². The van der Waals surface area contributed by atoms with Crippen LogP contribution in [0.5, 0.6) is 0 Å². The second-order valence-electron chi connectivity index (χ2n) is 8.01. The fraction of sp³-hybridized carbons (Fsp3) is 0.240. The molecule has 6 nitrogen and oxygen atoms in total. The smallest absolute Gasteiger partial charge is 0.231 e. The summed E-state index contributed by atoms with van der Waals surface area (Å²) in [5.74, 6) is 0.381. The molecule has 1 amide bonds. The number of amides is 1. The van der Waals surface area contributed by atoms with Gasteiger partial charge in [-0.2, -0.15) is 0 Å². The molecule has 2 aromatic carbocycles. The third-order valence-corrected chi connectivity index (χ3v) is 6.14. The van der Waals surface area contributed by atoms with E-state index in [2.05, 4.69) is 15.3 Å². The van der Waals surface area contributed by atoms with E-state index in [0.29, 0.717) is 32.6 Å². The maximum Gasteiger partial charge on any atom is 0.231 e. The molecule has 0 bridgehead atoms. The minimum Gasteiger partial charge on any atom is -0.381 e. The van der Waals surface area contributed by atoms with Gasteiger partial charge >= 0.3 is 0 Å². The number of para-hydroxylation sites is 2. The van der Waals surface area contributed by atoms with Crippen molar-refractivity contribution in [1.29, 1.82) is 0 Å². The zero-order valence-electron chi connectivity index (χ0n) is 17.5. The molecule has 0 saturated carbocycles. The number of rotatable bonds is 5. The summed E-state index contributed by atoms with van der Waals surface area (Å²) in [6, 6.07) is 18.0. The summed E-state index contributed by atoms with van der Waals surface area (Å²) in [6.07, 6.45) is 4.65. The Morgan fingerprint density at radius 2 is 1.81 bits per heavy atom. The van der Waals surface area contributed by atoms with Gasteiger partial charge in [0, 0.05) is 26.0 Å². The van der Waals surface area contributed by atoms with Crippen LogP contribution in [0.2, 0.25) is 0 Å². The average Bonchev–Trinajstić information content (AvgIpc) is 3.28. The Morgan fingerprint density at radius 1 is 1.03 bits per heavy atom. The summed E-state index contributed by atoms with van der Waals surface area (Å²) in [5.41, 5.74) is 2.90. The zero-order chi connectivity index (χ0) is 22.0. The minimum atomic E-state index is -0.713. The highest BCUT2D eigenvalue weighted by Crippen LogP contribution is 2.35. The largest absolute Gasteiger partial charge is 0.381 e. The molecule has 1 saturated heterocycles. The number of halogens is 1. The lowest BCUT2D eigenvalue weighted by atomic mass is 9.73. The lowest BCUT2D eigenvalue weighted by molar-refractivity contribution is -0.130. The van der Waals surface area contributed by atoms with Crippen LogP contribution >= 0.6 is 0 Å². The molecule has 1 aliphatic heterocycles. The molecule has 0 unspecified atom stereocenters. The number of aromatic nitrogens is 3. The number of nitrogens with zero attached hydrogens (tertiary/aromatic N) is 3. The molecule has 2 aromatic heterocycles. The molecule has 162 valence electrons. The number of hydrogen-bond acceptors (Lipinski definition) is 4. The van der Waals surface area contributed by atoms with Gasteiger partial charge in [0.15, 0.2) is 0 Å². The van der Waals surface area contributed by atoms with Crippen LogP contribution in [0.15, 0.2) is 73.2 Å². The molecule has 3 heterocycles. The van der Waals surface area contributed by atoms with E-state index in [1.54, 1.807) is 24.7 Å². The molecule has 1 aliphatic rings. The number of imidazole rings is 1. The molecule has 32 heavy (non-hydrogen) atoms. The van der Waals surface area contributed by atoms with E-state index in [-0.39, 0.29) is 11.7 Å². The Labute approximate surface area is 185 Å². The third-order valence-electron chi connectivity index (χ3n) is 6.14. The highest BCUT2D eigenvalue weighted by atomic mass is 19.1. The van der Waals surface area contributed by atoms with Crippen molar-refractivity contribution < 1.29 is 13.9 Å². The summed E-state index contributed by atoms with van der Waals surface area (Å²) >= 11 is 0. The second-order valence-corrected chi connectivity index (χ2v) is 8.01. The van der Waals surface area contributed by atoms with Crippen molar-refractivity contribution in [3.8, 4) is 5.82 Å². The van der Waals surface area contributed by atoms with Gasteiger partial charge in [-0.25, -0.2) is 14.4 Å². The lowest BCUT2D eigenvalue weighted by Crippen LogP contribution is -2.47. The van der Waals surface area contributed by atoms with E-state index in [9.17, 15) is 9.18 Å². The van der Waals surface area contributed by atoms with Crippen LogP contribution < -0.4 is 5.32 Å². The Morgan fingerprint density at radius 3 is 2.56 bits per heavy atom. The molecule has 0 aliphatic carbocycles. The summed E-state index contributed by atoms with van der Waals surface area (Å²) in [4.78, 5) is 22.2. The van der Waals surface area contributed by atoms with E-state index in [1.165, 1.54) is 12.1 Å². The van der Waals surface area contributed by atoms with Gasteiger partial charge in [0.1, 0.15) is 18.0 Å². The first-order valence-electron chi connectivity index (χ1n) is 10.7. The first-order chi connectivity index (χ1) is 15.7. The van der Waals surface area contributed by atoms with Gasteiger partial charge in [-0.05, 0) is 54.3 Å². The van der Waals surface area contributed by atoms with Crippen molar-refractivity contribution >= 4 is 16.9 Å². The van der Waals surface area contributed by atoms with Crippen LogP contribution in [0.3, 0.4) is 0 Å². The zero-order valence-corrected chi connectivity index (χ0v) is 17.5. The van der Waals surface area contributed by atoms with Crippen molar-refractivity contribution in [2.75, 3.05) is 13.2 Å². The first-order valence-corrected chi connectivity index (χ1v) is 10.7. The molecule has 5 rings (SSSR count). The molecule has 1 fully saturated rings. The van der Waals surface area contributed by atoms with Gasteiger partial charge in [0.05, 0.1) is 16.4 Å². The third kappa shape index (κ3) is 3.76. The number of hydrogen-bond donors (Lipinski definition) is 1. The van der Waals surface area contributed by atoms with Crippen molar-refractivity contribution in [3.05, 3.63) is 90.1 Å². The van der Waals surface area contributed by atoms with E-state index in [4.69, 9.17) is 4.74 Å². The number of nitrogens with one attached hydrogen (secondary N) is 1. The molecule has 0 spiro atoms. The van der Waals surface area contributed by atoms with Crippen LogP contribution in [0.4, 0.5) is 4.39 Å². The van der Waals surface area contributed by atoms with Gasteiger partial charge in [-0.1, -0.05) is 30.3 Å². The number of pyridine rings is 1. The highest BCUT2D eigenvalue weighted by Gasteiger charge is 2.41. The van der Waals surface area contributed by atoms with Gasteiger partial charge in [0.25, 0.3) is 0 Å². The summed E-state index contributed by atoms with van der Waals surface area (Å²) in [5, 5.41) is 3.06. The van der Waals surface area contributed by atoms with Crippen LogP contribution in [0.25, 0.3) is 16.9 Å². The Kier molecular flexibility index (Phi) is 5.41. The monoisotopic (exact) mass is 430 g/mol. The average molecular weight is 430 g/mol. The van der Waals surface area contributed by atoms with E-state index < -0.39 is 5.41 Å². The Bertz CT molecular complexity index is 1230. The van der Waals surface area contributed by atoms with Crippen LogP contribution in [-0.2, 0) is 21.5 Å². The van der Waals surface area contributed by atoms with Gasteiger partial charge in [-0.3, -0.25) is 9.36 Å². The van der Waals surface area contributed by atoms with E-state index in [1.807, 2.05) is 41.0 Å². The number of benzene rings is 2. The SMILES string of the molecule is O=C(NCc1ccc(-n2cnc3ccccc32)nc1)C1(c2ccc(F)cc2)CCOCC1. The maximum absolute atomic E-state index is 13.4. The fourth-order valence-corrected chi connectivity index (χ4v) is 4.29. The topological polar surface area (TPSA) is 69.0 Å². The Hall–Kier alpha value is -3.58. The quantitative estimate of drug-likeness (QED) is 0.521. The Balaban J connectivity index is 1.32.